The number of phenolic OH excluding ortho intramolecular Hbond substituents is 1. The van der Waals surface area contributed by atoms with Crippen LogP contribution in [0.2, 0.25) is 5.02 Å². The molecule has 57 heavy (non-hydrogen) atoms. The Morgan fingerprint density at radius 3 is 1.58 bits per heavy atom. The van der Waals surface area contributed by atoms with Gasteiger partial charge < -0.3 is 33.5 Å². The van der Waals surface area contributed by atoms with Crippen LogP contribution < -0.4 is 4.74 Å². The summed E-state index contributed by atoms with van der Waals surface area (Å²) >= 11 is 6.85. The standard InChI is InChI=1S/C49H49ClO7/c1-2-53-41-25-23-35(24-26-41)27-40-28-42(44(51)29-43(40)50)46-48(55-32-38-19-11-5-12-20-38)49(56-33-39-21-13-6-14-22-39)47(54-31-37-17-9-4-10-18-37)45(57-46)34-52-30-36-15-7-3-8-16-36/h3-26,28-29,45-49,51H,2,27,30-34H2,1H3. The Hall–Kier alpha value is -4.99. The largest absolute Gasteiger partial charge is 0.508 e. The number of aromatic hydroxyl groups is 1. The summed E-state index contributed by atoms with van der Waals surface area (Å²) in [6.45, 7) is 4.06. The maximum Gasteiger partial charge on any atom is 0.122 e. The Morgan fingerprint density at radius 1 is 0.561 bits per heavy atom. The molecule has 0 spiro atoms. The summed E-state index contributed by atoms with van der Waals surface area (Å²) in [5.74, 6) is 0.807. The zero-order valence-corrected chi connectivity index (χ0v) is 32.9. The van der Waals surface area contributed by atoms with E-state index in [0.29, 0.717) is 43.4 Å². The van der Waals surface area contributed by atoms with E-state index in [1.807, 2.05) is 159 Å². The molecular formula is C49H49ClO7. The number of ether oxygens (including phenoxy) is 6. The summed E-state index contributed by atoms with van der Waals surface area (Å²) in [5, 5.41) is 12.2. The van der Waals surface area contributed by atoms with Gasteiger partial charge >= 0.3 is 0 Å². The number of hydrogen-bond acceptors (Lipinski definition) is 7. The van der Waals surface area contributed by atoms with Gasteiger partial charge in [0.2, 0.25) is 0 Å². The summed E-state index contributed by atoms with van der Waals surface area (Å²) in [5.41, 5.74) is 6.48. The third-order valence-electron chi connectivity index (χ3n) is 10.0. The molecule has 0 aliphatic carbocycles. The molecule has 6 aromatic carbocycles. The Balaban J connectivity index is 1.27. The van der Waals surface area contributed by atoms with E-state index >= 15 is 0 Å². The molecule has 7 rings (SSSR count). The summed E-state index contributed by atoms with van der Waals surface area (Å²) in [6, 6.07) is 51.6. The van der Waals surface area contributed by atoms with Gasteiger partial charge in [0.05, 0.1) is 39.6 Å². The summed E-state index contributed by atoms with van der Waals surface area (Å²) in [6.07, 6.45) is -2.84. The predicted molar refractivity (Wildman–Crippen MR) is 222 cm³/mol. The Kier molecular flexibility index (Phi) is 14.4. The molecule has 0 aromatic heterocycles. The lowest BCUT2D eigenvalue weighted by atomic mass is 9.88. The zero-order valence-electron chi connectivity index (χ0n) is 32.1. The number of halogens is 1. The normalized spacial score (nSPS) is 19.3. The van der Waals surface area contributed by atoms with Crippen molar-refractivity contribution in [3.05, 3.63) is 202 Å². The molecule has 1 saturated heterocycles. The van der Waals surface area contributed by atoms with Gasteiger partial charge in [-0.1, -0.05) is 145 Å². The smallest absolute Gasteiger partial charge is 0.122 e. The van der Waals surface area contributed by atoms with E-state index in [4.69, 9.17) is 40.0 Å². The molecule has 1 heterocycles. The van der Waals surface area contributed by atoms with Crippen molar-refractivity contribution >= 4 is 11.6 Å². The van der Waals surface area contributed by atoms with Crippen molar-refractivity contribution in [2.24, 2.45) is 0 Å². The molecule has 8 heteroatoms. The lowest BCUT2D eigenvalue weighted by Gasteiger charge is -2.46. The van der Waals surface area contributed by atoms with Crippen molar-refractivity contribution in [3.63, 3.8) is 0 Å². The molecule has 294 valence electrons. The van der Waals surface area contributed by atoms with Crippen molar-refractivity contribution in [2.75, 3.05) is 13.2 Å². The number of phenols is 1. The van der Waals surface area contributed by atoms with Crippen LogP contribution in [0.25, 0.3) is 0 Å². The minimum Gasteiger partial charge on any atom is -0.508 e. The average Bonchev–Trinajstić information content (AvgIpc) is 3.25. The van der Waals surface area contributed by atoms with Crippen LogP contribution in [0, 0.1) is 0 Å². The van der Waals surface area contributed by atoms with Crippen LogP contribution in [0.1, 0.15) is 52.0 Å². The topological polar surface area (TPSA) is 75.6 Å². The first-order valence-corrected chi connectivity index (χ1v) is 19.9. The highest BCUT2D eigenvalue weighted by atomic mass is 35.5. The van der Waals surface area contributed by atoms with Gasteiger partial charge in [0, 0.05) is 10.6 Å². The third-order valence-corrected chi connectivity index (χ3v) is 10.4. The molecule has 1 N–H and O–H groups in total. The first-order valence-electron chi connectivity index (χ1n) is 19.5. The lowest BCUT2D eigenvalue weighted by Crippen LogP contribution is -2.58. The Labute approximate surface area is 340 Å². The van der Waals surface area contributed by atoms with E-state index in [1.165, 1.54) is 0 Å². The van der Waals surface area contributed by atoms with Crippen LogP contribution in [0.3, 0.4) is 0 Å². The van der Waals surface area contributed by atoms with E-state index in [9.17, 15) is 5.11 Å². The van der Waals surface area contributed by atoms with Crippen LogP contribution in [0.5, 0.6) is 11.5 Å². The number of hydrogen-bond donors (Lipinski definition) is 1. The second-order valence-electron chi connectivity index (χ2n) is 14.1. The van der Waals surface area contributed by atoms with Gasteiger partial charge in [-0.05, 0) is 71.0 Å². The van der Waals surface area contributed by atoms with E-state index < -0.39 is 30.5 Å². The molecule has 0 amide bonds. The van der Waals surface area contributed by atoms with Crippen LogP contribution in [0.4, 0.5) is 0 Å². The molecule has 1 aliphatic heterocycles. The second-order valence-corrected chi connectivity index (χ2v) is 14.5. The maximum atomic E-state index is 11.7. The average molecular weight is 785 g/mol. The van der Waals surface area contributed by atoms with Gasteiger partial charge in [-0.25, -0.2) is 0 Å². The quantitative estimate of drug-likeness (QED) is 0.0930. The second kappa shape index (κ2) is 20.4. The molecule has 5 unspecified atom stereocenters. The van der Waals surface area contributed by atoms with Gasteiger partial charge in [-0.3, -0.25) is 0 Å². The van der Waals surface area contributed by atoms with Crippen molar-refractivity contribution in [2.45, 2.75) is 70.3 Å². The molecule has 6 aromatic rings. The van der Waals surface area contributed by atoms with Gasteiger partial charge in [-0.15, -0.1) is 0 Å². The highest BCUT2D eigenvalue weighted by Crippen LogP contribution is 2.43. The Bertz CT molecular complexity index is 2080. The van der Waals surface area contributed by atoms with Gasteiger partial charge in [-0.2, -0.15) is 0 Å². The highest BCUT2D eigenvalue weighted by Gasteiger charge is 2.49. The summed E-state index contributed by atoms with van der Waals surface area (Å²) in [4.78, 5) is 0. The molecule has 0 radical (unpaired) electrons. The van der Waals surface area contributed by atoms with Crippen LogP contribution in [-0.4, -0.2) is 42.7 Å². The zero-order chi connectivity index (χ0) is 39.2. The Morgan fingerprint density at radius 2 is 1.05 bits per heavy atom. The van der Waals surface area contributed by atoms with Gasteiger partial charge in [0.25, 0.3) is 0 Å². The van der Waals surface area contributed by atoms with Crippen LogP contribution >= 0.6 is 11.6 Å². The van der Waals surface area contributed by atoms with Gasteiger partial charge in [0.1, 0.15) is 42.0 Å². The lowest BCUT2D eigenvalue weighted by molar-refractivity contribution is -0.275. The molecule has 0 bridgehead atoms. The molecule has 1 aliphatic rings. The fourth-order valence-electron chi connectivity index (χ4n) is 7.12. The molecule has 5 atom stereocenters. The monoisotopic (exact) mass is 784 g/mol. The highest BCUT2D eigenvalue weighted by molar-refractivity contribution is 6.31. The third kappa shape index (κ3) is 11.1. The predicted octanol–water partition coefficient (Wildman–Crippen LogP) is 10.4. The molecule has 1 fully saturated rings. The minimum absolute atomic E-state index is 0.00294. The SMILES string of the molecule is CCOc1ccc(Cc2cc(C3OC(COCc4ccccc4)C(OCc4ccccc4)C(OCc4ccccc4)C3OCc3ccccc3)c(O)cc2Cl)cc1. The van der Waals surface area contributed by atoms with E-state index in [2.05, 4.69) is 0 Å². The first kappa shape index (κ1) is 40.2. The van der Waals surface area contributed by atoms with Crippen molar-refractivity contribution in [3.8, 4) is 11.5 Å². The van der Waals surface area contributed by atoms with Crippen molar-refractivity contribution < 1.29 is 33.5 Å². The minimum atomic E-state index is -0.785. The number of rotatable bonds is 18. The molecular weight excluding hydrogens is 736 g/mol. The van der Waals surface area contributed by atoms with E-state index in [1.54, 1.807) is 6.07 Å². The van der Waals surface area contributed by atoms with E-state index in [0.717, 1.165) is 39.1 Å². The maximum absolute atomic E-state index is 11.7. The van der Waals surface area contributed by atoms with Crippen molar-refractivity contribution in [1.82, 2.24) is 0 Å². The van der Waals surface area contributed by atoms with Crippen molar-refractivity contribution in [1.29, 1.82) is 0 Å². The summed E-state index contributed by atoms with van der Waals surface area (Å²) in [7, 11) is 0. The van der Waals surface area contributed by atoms with E-state index in [-0.39, 0.29) is 19.0 Å². The molecule has 0 saturated carbocycles. The van der Waals surface area contributed by atoms with Crippen LogP contribution in [0.15, 0.2) is 158 Å². The van der Waals surface area contributed by atoms with Gasteiger partial charge in [0.15, 0.2) is 0 Å². The first-order chi connectivity index (χ1) is 28.0. The fraction of sp³-hybridized carbons (Fsp3) is 0.265. The number of benzene rings is 6. The fourth-order valence-corrected chi connectivity index (χ4v) is 7.34. The molecule has 7 nitrogen and oxygen atoms in total. The summed E-state index contributed by atoms with van der Waals surface area (Å²) < 4.78 is 39.8. The van der Waals surface area contributed by atoms with Crippen LogP contribution in [-0.2, 0) is 56.5 Å².